The van der Waals surface area contributed by atoms with E-state index in [2.05, 4.69) is 0 Å². The van der Waals surface area contributed by atoms with Crippen LogP contribution < -0.4 is 5.73 Å². The van der Waals surface area contributed by atoms with Gasteiger partial charge in [-0.2, -0.15) is 0 Å². The number of amides is 2. The van der Waals surface area contributed by atoms with Crippen LogP contribution in [0.25, 0.3) is 0 Å². The number of rotatable bonds is 4. The SMILES string of the molecule is NC(=O)[C@]12C[C@H]1CCCN2C(=O)c1cc(C2CC2)oc1C1CC1. The molecule has 5 heteroatoms. The molecular formula is C18H22N2O3. The summed E-state index contributed by atoms with van der Waals surface area (Å²) in [5.41, 5.74) is 5.65. The third-order valence-corrected chi connectivity index (χ3v) is 6.10. The molecule has 122 valence electrons. The Morgan fingerprint density at radius 3 is 2.57 bits per heavy atom. The average molecular weight is 314 g/mol. The minimum atomic E-state index is -0.715. The molecule has 1 saturated heterocycles. The lowest BCUT2D eigenvalue weighted by atomic mass is 9.99. The van der Waals surface area contributed by atoms with Crippen molar-refractivity contribution in [3.05, 3.63) is 23.2 Å². The van der Waals surface area contributed by atoms with E-state index < -0.39 is 5.54 Å². The van der Waals surface area contributed by atoms with Crippen LogP contribution >= 0.6 is 0 Å². The molecule has 3 aliphatic carbocycles. The highest BCUT2D eigenvalue weighted by molar-refractivity contribution is 6.01. The number of piperidine rings is 1. The van der Waals surface area contributed by atoms with E-state index in [0.717, 1.165) is 56.5 Å². The second-order valence-corrected chi connectivity index (χ2v) is 7.76. The summed E-state index contributed by atoms with van der Waals surface area (Å²) in [6.45, 7) is 0.631. The fraction of sp³-hybridized carbons (Fsp3) is 0.667. The summed E-state index contributed by atoms with van der Waals surface area (Å²) < 4.78 is 6.05. The molecule has 23 heavy (non-hydrogen) atoms. The Labute approximate surface area is 135 Å². The van der Waals surface area contributed by atoms with Crippen LogP contribution in [0.5, 0.6) is 0 Å². The highest BCUT2D eigenvalue weighted by Crippen LogP contribution is 2.55. The molecule has 0 aromatic carbocycles. The first-order chi connectivity index (χ1) is 11.1. The molecule has 4 aliphatic rings. The first-order valence-corrected chi connectivity index (χ1v) is 8.87. The van der Waals surface area contributed by atoms with Crippen molar-refractivity contribution in [1.82, 2.24) is 4.90 Å². The van der Waals surface area contributed by atoms with Gasteiger partial charge < -0.3 is 15.1 Å². The van der Waals surface area contributed by atoms with E-state index in [1.165, 1.54) is 0 Å². The van der Waals surface area contributed by atoms with Crippen LogP contribution in [0.15, 0.2) is 10.5 Å². The largest absolute Gasteiger partial charge is 0.465 e. The zero-order valence-corrected chi connectivity index (χ0v) is 13.2. The minimum Gasteiger partial charge on any atom is -0.465 e. The molecule has 0 bridgehead atoms. The summed E-state index contributed by atoms with van der Waals surface area (Å²) in [7, 11) is 0. The van der Waals surface area contributed by atoms with Crippen molar-refractivity contribution in [1.29, 1.82) is 0 Å². The normalized spacial score (nSPS) is 32.5. The molecule has 0 spiro atoms. The number of nitrogens with two attached hydrogens (primary N) is 1. The van der Waals surface area contributed by atoms with Crippen molar-refractivity contribution < 1.29 is 14.0 Å². The highest BCUT2D eigenvalue weighted by atomic mass is 16.3. The number of likely N-dealkylation sites (tertiary alicyclic amines) is 1. The molecule has 1 aliphatic heterocycles. The van der Waals surface area contributed by atoms with Gasteiger partial charge in [0, 0.05) is 18.4 Å². The molecule has 2 amide bonds. The molecule has 3 saturated carbocycles. The maximum atomic E-state index is 13.2. The van der Waals surface area contributed by atoms with Gasteiger partial charge in [0.25, 0.3) is 5.91 Å². The number of fused-ring (bicyclic) bond motifs is 1. The standard InChI is InChI=1S/C18H22N2O3/c19-17(22)18-9-12(18)2-1-7-20(18)16(21)13-8-14(10-3-4-10)23-15(13)11-5-6-11/h8,10-12H,1-7,9H2,(H2,19,22)/t12-,18+/m1/s1. The van der Waals surface area contributed by atoms with E-state index in [1.807, 2.05) is 6.07 Å². The number of carbonyl (C=O) groups is 2. The lowest BCUT2D eigenvalue weighted by Gasteiger charge is -2.34. The van der Waals surface area contributed by atoms with Gasteiger partial charge in [0.15, 0.2) is 0 Å². The zero-order valence-electron chi connectivity index (χ0n) is 13.2. The summed E-state index contributed by atoms with van der Waals surface area (Å²) in [5.74, 6) is 2.60. The Hall–Kier alpha value is -1.78. The van der Waals surface area contributed by atoms with Crippen molar-refractivity contribution in [3.8, 4) is 0 Å². The molecule has 2 N–H and O–H groups in total. The fourth-order valence-electron chi connectivity index (χ4n) is 4.36. The monoisotopic (exact) mass is 314 g/mol. The summed E-state index contributed by atoms with van der Waals surface area (Å²) in [6.07, 6.45) is 7.20. The third kappa shape index (κ3) is 1.91. The number of nitrogens with zero attached hydrogens (tertiary/aromatic N) is 1. The number of primary amides is 1. The second kappa shape index (κ2) is 4.40. The third-order valence-electron chi connectivity index (χ3n) is 6.10. The van der Waals surface area contributed by atoms with Gasteiger partial charge in [-0.25, -0.2) is 0 Å². The van der Waals surface area contributed by atoms with Crippen molar-refractivity contribution in [3.63, 3.8) is 0 Å². The zero-order chi connectivity index (χ0) is 15.8. The smallest absolute Gasteiger partial charge is 0.258 e. The van der Waals surface area contributed by atoms with Crippen LogP contribution in [0.1, 0.15) is 78.7 Å². The Balaban J connectivity index is 1.51. The maximum Gasteiger partial charge on any atom is 0.258 e. The van der Waals surface area contributed by atoms with Gasteiger partial charge in [0.1, 0.15) is 17.1 Å². The Morgan fingerprint density at radius 2 is 1.91 bits per heavy atom. The van der Waals surface area contributed by atoms with E-state index in [4.69, 9.17) is 10.2 Å². The fourth-order valence-corrected chi connectivity index (χ4v) is 4.36. The Morgan fingerprint density at radius 1 is 1.17 bits per heavy atom. The summed E-state index contributed by atoms with van der Waals surface area (Å²) in [6, 6.07) is 1.95. The first-order valence-electron chi connectivity index (χ1n) is 8.87. The van der Waals surface area contributed by atoms with Crippen molar-refractivity contribution in [2.24, 2.45) is 11.7 Å². The molecule has 1 aromatic heterocycles. The quantitative estimate of drug-likeness (QED) is 0.927. The van der Waals surface area contributed by atoms with E-state index in [1.54, 1.807) is 4.90 Å². The molecule has 2 heterocycles. The molecule has 0 radical (unpaired) electrons. The number of carbonyl (C=O) groups excluding carboxylic acids is 2. The number of furan rings is 1. The summed E-state index contributed by atoms with van der Waals surface area (Å²) in [5, 5.41) is 0. The molecule has 5 nitrogen and oxygen atoms in total. The number of hydrogen-bond acceptors (Lipinski definition) is 3. The van der Waals surface area contributed by atoms with Crippen LogP contribution in [0.4, 0.5) is 0 Å². The van der Waals surface area contributed by atoms with Crippen LogP contribution in [0.3, 0.4) is 0 Å². The predicted octanol–water partition coefficient (Wildman–Crippen LogP) is 2.51. The van der Waals surface area contributed by atoms with E-state index in [9.17, 15) is 9.59 Å². The lowest BCUT2D eigenvalue weighted by Crippen LogP contribution is -2.53. The molecule has 2 atom stereocenters. The van der Waals surface area contributed by atoms with Gasteiger partial charge >= 0.3 is 0 Å². The van der Waals surface area contributed by atoms with Gasteiger partial charge in [-0.05, 0) is 56.9 Å². The lowest BCUT2D eigenvalue weighted by molar-refractivity contribution is -0.125. The van der Waals surface area contributed by atoms with Gasteiger partial charge in [0.2, 0.25) is 5.91 Å². The van der Waals surface area contributed by atoms with Gasteiger partial charge in [-0.15, -0.1) is 0 Å². The van der Waals surface area contributed by atoms with Crippen molar-refractivity contribution in [2.75, 3.05) is 6.54 Å². The van der Waals surface area contributed by atoms with Gasteiger partial charge in [-0.3, -0.25) is 9.59 Å². The summed E-state index contributed by atoms with van der Waals surface area (Å²) >= 11 is 0. The van der Waals surface area contributed by atoms with Gasteiger partial charge in [0.05, 0.1) is 5.56 Å². The molecule has 5 rings (SSSR count). The molecular weight excluding hydrogens is 292 g/mol. The highest BCUT2D eigenvalue weighted by Gasteiger charge is 2.65. The van der Waals surface area contributed by atoms with Gasteiger partial charge in [-0.1, -0.05) is 0 Å². The van der Waals surface area contributed by atoms with Crippen LogP contribution in [-0.4, -0.2) is 28.8 Å². The topological polar surface area (TPSA) is 76.5 Å². The van der Waals surface area contributed by atoms with E-state index in [0.29, 0.717) is 23.9 Å². The first kappa shape index (κ1) is 13.6. The number of hydrogen-bond donors (Lipinski definition) is 1. The predicted molar refractivity (Wildman–Crippen MR) is 83.0 cm³/mol. The maximum absolute atomic E-state index is 13.2. The Kier molecular flexibility index (Phi) is 2.61. The molecule has 1 aromatic rings. The molecule has 4 fully saturated rings. The molecule has 0 unspecified atom stereocenters. The average Bonchev–Trinajstić information content (AvgIpc) is 3.42. The minimum absolute atomic E-state index is 0.0384. The van der Waals surface area contributed by atoms with Crippen molar-refractivity contribution >= 4 is 11.8 Å². The van der Waals surface area contributed by atoms with Crippen molar-refractivity contribution in [2.45, 2.75) is 62.3 Å². The summed E-state index contributed by atoms with van der Waals surface area (Å²) in [4.78, 5) is 27.0. The Bertz CT molecular complexity index is 701. The van der Waals surface area contributed by atoms with E-state index >= 15 is 0 Å². The van der Waals surface area contributed by atoms with Crippen LogP contribution in [0, 0.1) is 5.92 Å². The van der Waals surface area contributed by atoms with Crippen LogP contribution in [-0.2, 0) is 4.79 Å². The second-order valence-electron chi connectivity index (χ2n) is 7.76. The van der Waals surface area contributed by atoms with E-state index in [-0.39, 0.29) is 17.7 Å². The van der Waals surface area contributed by atoms with Crippen LogP contribution in [0.2, 0.25) is 0 Å².